The van der Waals surface area contributed by atoms with Gasteiger partial charge in [0.15, 0.2) is 0 Å². The van der Waals surface area contributed by atoms with Crippen molar-refractivity contribution < 1.29 is 9.53 Å². The Balaban J connectivity index is 1.59. The molecule has 0 bridgehead atoms. The third kappa shape index (κ3) is 3.95. The molecule has 0 atom stereocenters. The van der Waals surface area contributed by atoms with Crippen LogP contribution in [0.25, 0.3) is 15.9 Å². The van der Waals surface area contributed by atoms with Gasteiger partial charge in [-0.3, -0.25) is 4.79 Å². The summed E-state index contributed by atoms with van der Waals surface area (Å²) in [5.41, 5.74) is 3.71. The number of hydrogen-bond donors (Lipinski definition) is 1. The zero-order valence-corrected chi connectivity index (χ0v) is 16.3. The number of nitrogens with zero attached hydrogens (tertiary/aromatic N) is 3. The molecular weight excluding hydrogens is 372 g/mol. The van der Waals surface area contributed by atoms with Crippen molar-refractivity contribution in [3.8, 4) is 5.69 Å². The molecule has 0 spiro atoms. The van der Waals surface area contributed by atoms with Crippen molar-refractivity contribution in [2.45, 2.75) is 6.42 Å². The van der Waals surface area contributed by atoms with Gasteiger partial charge in [-0.25, -0.2) is 9.67 Å². The summed E-state index contributed by atoms with van der Waals surface area (Å²) in [6, 6.07) is 14.1. The summed E-state index contributed by atoms with van der Waals surface area (Å²) >= 11 is 1.55. The zero-order valence-electron chi connectivity index (χ0n) is 15.5. The number of ether oxygens (including phenoxy) is 1. The van der Waals surface area contributed by atoms with E-state index in [-0.39, 0.29) is 5.91 Å². The number of nitrogens with one attached hydrogen (secondary N) is 1. The first kappa shape index (κ1) is 18.3. The molecule has 6 nitrogen and oxygen atoms in total. The van der Waals surface area contributed by atoms with Gasteiger partial charge in [0.05, 0.1) is 12.3 Å². The van der Waals surface area contributed by atoms with Gasteiger partial charge < -0.3 is 10.1 Å². The molecule has 0 saturated heterocycles. The van der Waals surface area contributed by atoms with Crippen LogP contribution in [0.3, 0.4) is 0 Å². The summed E-state index contributed by atoms with van der Waals surface area (Å²) < 4.78 is 6.81. The van der Waals surface area contributed by atoms with Crippen LogP contribution in [0.5, 0.6) is 0 Å². The van der Waals surface area contributed by atoms with Crippen molar-refractivity contribution in [1.82, 2.24) is 20.1 Å². The van der Waals surface area contributed by atoms with Gasteiger partial charge in [-0.1, -0.05) is 12.1 Å². The number of carbonyl (C=O) groups is 1. The molecule has 0 aliphatic rings. The molecule has 0 aliphatic heterocycles. The molecule has 0 unspecified atom stereocenters. The van der Waals surface area contributed by atoms with E-state index in [2.05, 4.69) is 33.6 Å². The van der Waals surface area contributed by atoms with Gasteiger partial charge in [0.2, 0.25) is 0 Å². The van der Waals surface area contributed by atoms with E-state index >= 15 is 0 Å². The van der Waals surface area contributed by atoms with Crippen LogP contribution in [0.4, 0.5) is 0 Å². The van der Waals surface area contributed by atoms with Crippen molar-refractivity contribution in [3.63, 3.8) is 0 Å². The fourth-order valence-electron chi connectivity index (χ4n) is 3.04. The molecule has 4 rings (SSSR count). The summed E-state index contributed by atoms with van der Waals surface area (Å²) in [5.74, 6) is -0.178. The van der Waals surface area contributed by atoms with Crippen LogP contribution in [0.2, 0.25) is 0 Å². The molecule has 1 N–H and O–H groups in total. The average Bonchev–Trinajstić information content (AvgIpc) is 3.40. The first-order valence-corrected chi connectivity index (χ1v) is 9.86. The minimum absolute atomic E-state index is 0.178. The first-order valence-electron chi connectivity index (χ1n) is 8.98. The summed E-state index contributed by atoms with van der Waals surface area (Å²) in [7, 11) is 1.61. The largest absolute Gasteiger partial charge is 0.383 e. The molecule has 0 saturated carbocycles. The first-order chi connectivity index (χ1) is 13.7. The highest BCUT2D eigenvalue weighted by Gasteiger charge is 2.13. The molecule has 7 heteroatoms. The third-order valence-corrected chi connectivity index (χ3v) is 5.25. The van der Waals surface area contributed by atoms with E-state index in [1.54, 1.807) is 24.6 Å². The number of thiophene rings is 1. The lowest BCUT2D eigenvalue weighted by molar-refractivity contribution is 0.0932. The molecule has 4 aromatic rings. The highest BCUT2D eigenvalue weighted by atomic mass is 32.1. The van der Waals surface area contributed by atoms with Crippen molar-refractivity contribution in [2.75, 3.05) is 20.3 Å². The van der Waals surface area contributed by atoms with Crippen LogP contribution in [-0.2, 0) is 11.2 Å². The second-order valence-electron chi connectivity index (χ2n) is 6.35. The van der Waals surface area contributed by atoms with Gasteiger partial charge in [0, 0.05) is 31.4 Å². The van der Waals surface area contributed by atoms with E-state index in [1.165, 1.54) is 5.56 Å². The lowest BCUT2D eigenvalue weighted by Crippen LogP contribution is -2.27. The molecule has 3 heterocycles. The van der Waals surface area contributed by atoms with Crippen molar-refractivity contribution in [1.29, 1.82) is 0 Å². The molecular formula is C21H20N4O2S. The summed E-state index contributed by atoms with van der Waals surface area (Å²) in [4.78, 5) is 17.8. The van der Waals surface area contributed by atoms with Gasteiger partial charge in [-0.15, -0.1) is 11.3 Å². The SMILES string of the molecule is COCCNC(=O)c1cc(Cc2ccc(-n3cccn3)cc2)c2ccsc2n1. The van der Waals surface area contributed by atoms with Gasteiger partial charge in [-0.2, -0.15) is 5.10 Å². The maximum atomic E-state index is 12.4. The van der Waals surface area contributed by atoms with E-state index < -0.39 is 0 Å². The quantitative estimate of drug-likeness (QED) is 0.489. The number of rotatable bonds is 7. The predicted molar refractivity (Wildman–Crippen MR) is 110 cm³/mol. The Bertz CT molecular complexity index is 1070. The van der Waals surface area contributed by atoms with Gasteiger partial charge in [0.25, 0.3) is 5.91 Å². The molecule has 0 fully saturated rings. The number of amides is 1. The maximum Gasteiger partial charge on any atom is 0.270 e. The van der Waals surface area contributed by atoms with Crippen molar-refractivity contribution >= 4 is 27.5 Å². The van der Waals surface area contributed by atoms with Gasteiger partial charge in [0.1, 0.15) is 10.5 Å². The van der Waals surface area contributed by atoms with Crippen LogP contribution >= 0.6 is 11.3 Å². The Morgan fingerprint density at radius 3 is 2.86 bits per heavy atom. The Morgan fingerprint density at radius 1 is 1.25 bits per heavy atom. The number of pyridine rings is 1. The molecule has 0 aliphatic carbocycles. The molecule has 28 heavy (non-hydrogen) atoms. The maximum absolute atomic E-state index is 12.4. The minimum Gasteiger partial charge on any atom is -0.383 e. The Labute approximate surface area is 166 Å². The summed E-state index contributed by atoms with van der Waals surface area (Å²) in [6.45, 7) is 0.937. The van der Waals surface area contributed by atoms with E-state index in [0.29, 0.717) is 18.8 Å². The van der Waals surface area contributed by atoms with Gasteiger partial charge in [-0.05, 0) is 53.3 Å². The smallest absolute Gasteiger partial charge is 0.270 e. The standard InChI is InChI=1S/C21H20N4O2S/c1-27-11-9-22-20(26)19-14-16(18-7-12-28-21(18)24-19)13-15-3-5-17(6-4-15)25-10-2-8-23-25/h2-8,10,12,14H,9,11,13H2,1H3,(H,22,26). The minimum atomic E-state index is -0.178. The second kappa shape index (κ2) is 8.33. The molecule has 3 aromatic heterocycles. The lowest BCUT2D eigenvalue weighted by atomic mass is 10.0. The summed E-state index contributed by atoms with van der Waals surface area (Å²) in [5, 5.41) is 10.2. The second-order valence-corrected chi connectivity index (χ2v) is 7.24. The number of aromatic nitrogens is 3. The number of carbonyl (C=O) groups excluding carboxylic acids is 1. The highest BCUT2D eigenvalue weighted by Crippen LogP contribution is 2.26. The van der Waals surface area contributed by atoms with Gasteiger partial charge >= 0.3 is 0 Å². The van der Waals surface area contributed by atoms with E-state index in [4.69, 9.17) is 4.74 Å². The van der Waals surface area contributed by atoms with Crippen molar-refractivity contribution in [2.24, 2.45) is 0 Å². The van der Waals surface area contributed by atoms with Crippen molar-refractivity contribution in [3.05, 3.63) is 77.1 Å². The monoisotopic (exact) mass is 392 g/mol. The molecule has 1 aromatic carbocycles. The van der Waals surface area contributed by atoms with E-state index in [0.717, 1.165) is 27.9 Å². The van der Waals surface area contributed by atoms with E-state index in [9.17, 15) is 4.79 Å². The molecule has 1 amide bonds. The summed E-state index contributed by atoms with van der Waals surface area (Å²) in [6.07, 6.45) is 4.41. The van der Waals surface area contributed by atoms with Crippen LogP contribution in [-0.4, -0.2) is 40.9 Å². The van der Waals surface area contributed by atoms with E-state index in [1.807, 2.05) is 40.5 Å². The van der Waals surface area contributed by atoms with Crippen LogP contribution in [0.15, 0.2) is 60.2 Å². The third-order valence-electron chi connectivity index (χ3n) is 4.45. The van der Waals surface area contributed by atoms with Crippen LogP contribution in [0, 0.1) is 0 Å². The topological polar surface area (TPSA) is 69.0 Å². The lowest BCUT2D eigenvalue weighted by Gasteiger charge is -2.09. The average molecular weight is 392 g/mol. The fourth-order valence-corrected chi connectivity index (χ4v) is 3.85. The highest BCUT2D eigenvalue weighted by molar-refractivity contribution is 7.16. The van der Waals surface area contributed by atoms with Crippen LogP contribution in [0.1, 0.15) is 21.6 Å². The Hall–Kier alpha value is -3.03. The fraction of sp³-hybridized carbons (Fsp3) is 0.190. The zero-order chi connectivity index (χ0) is 19.3. The number of methoxy groups -OCH3 is 1. The normalized spacial score (nSPS) is 11.0. The number of benzene rings is 1. The predicted octanol–water partition coefficient (Wildman–Crippen LogP) is 3.45. The Kier molecular flexibility index (Phi) is 5.45. The number of hydrogen-bond acceptors (Lipinski definition) is 5. The molecule has 142 valence electrons. The number of fused-ring (bicyclic) bond motifs is 1. The molecule has 0 radical (unpaired) electrons. The van der Waals surface area contributed by atoms with Crippen LogP contribution < -0.4 is 5.32 Å². The Morgan fingerprint density at radius 2 is 2.11 bits per heavy atom.